The Balaban J connectivity index is 1.75. The van der Waals surface area contributed by atoms with E-state index >= 15 is 0 Å². The lowest BCUT2D eigenvalue weighted by atomic mass is 10.1. The molecule has 1 N–H and O–H groups in total. The summed E-state index contributed by atoms with van der Waals surface area (Å²) in [5, 5.41) is 4.26. The van der Waals surface area contributed by atoms with Gasteiger partial charge in [0.05, 0.1) is 0 Å². The Morgan fingerprint density at radius 3 is 2.59 bits per heavy atom. The maximum atomic E-state index is 12.4. The number of aryl methyl sites for hydroxylation is 2. The van der Waals surface area contributed by atoms with Crippen LogP contribution in [-0.2, 0) is 10.5 Å². The zero-order chi connectivity index (χ0) is 19.8. The second kappa shape index (κ2) is 10.8. The number of thioether (sulfide) groups is 1. The molecule has 0 saturated heterocycles. The third kappa shape index (κ3) is 6.95. The number of nitrogens with one attached hydrogen (secondary N) is 1. The Kier molecular flexibility index (Phi) is 8.81. The van der Waals surface area contributed by atoms with Gasteiger partial charge in [-0.15, -0.1) is 0 Å². The SMILES string of the molecule is CCC(Oc1ccc(C)c(C)c1)C(=O)NCCSCc1ccc(Cl)cc1Cl. The van der Waals surface area contributed by atoms with E-state index in [0.717, 1.165) is 28.4 Å². The van der Waals surface area contributed by atoms with Crippen molar-refractivity contribution < 1.29 is 9.53 Å². The molecule has 0 fully saturated rings. The molecule has 0 radical (unpaired) electrons. The van der Waals surface area contributed by atoms with Crippen LogP contribution in [0.3, 0.4) is 0 Å². The highest BCUT2D eigenvalue weighted by atomic mass is 35.5. The predicted molar refractivity (Wildman–Crippen MR) is 116 cm³/mol. The number of ether oxygens (including phenoxy) is 1. The Morgan fingerprint density at radius 2 is 1.93 bits per heavy atom. The van der Waals surface area contributed by atoms with Crippen LogP contribution < -0.4 is 10.1 Å². The van der Waals surface area contributed by atoms with Gasteiger partial charge in [-0.3, -0.25) is 4.79 Å². The molecule has 0 aliphatic heterocycles. The Labute approximate surface area is 175 Å². The van der Waals surface area contributed by atoms with E-state index in [-0.39, 0.29) is 5.91 Å². The van der Waals surface area contributed by atoms with Crippen molar-refractivity contribution in [1.29, 1.82) is 0 Å². The fourth-order valence-corrected chi connectivity index (χ4v) is 3.87. The van der Waals surface area contributed by atoms with Crippen LogP contribution in [0, 0.1) is 13.8 Å². The molecule has 0 heterocycles. The van der Waals surface area contributed by atoms with Gasteiger partial charge >= 0.3 is 0 Å². The molecule has 1 amide bonds. The molecule has 2 rings (SSSR count). The van der Waals surface area contributed by atoms with Gasteiger partial charge in [0.2, 0.25) is 0 Å². The Bertz CT molecular complexity index is 783. The minimum Gasteiger partial charge on any atom is -0.481 e. The highest BCUT2D eigenvalue weighted by Gasteiger charge is 2.18. The molecule has 2 aromatic carbocycles. The van der Waals surface area contributed by atoms with Crippen LogP contribution >= 0.6 is 35.0 Å². The molecule has 1 atom stereocenters. The summed E-state index contributed by atoms with van der Waals surface area (Å²) in [6, 6.07) is 11.4. The minimum atomic E-state index is -0.484. The van der Waals surface area contributed by atoms with Crippen LogP contribution in [-0.4, -0.2) is 24.3 Å². The van der Waals surface area contributed by atoms with Gasteiger partial charge in [-0.2, -0.15) is 11.8 Å². The summed E-state index contributed by atoms with van der Waals surface area (Å²) in [5.74, 6) is 2.22. The second-order valence-electron chi connectivity index (χ2n) is 6.34. The van der Waals surface area contributed by atoms with E-state index < -0.39 is 6.10 Å². The van der Waals surface area contributed by atoms with Crippen LogP contribution in [0.25, 0.3) is 0 Å². The van der Waals surface area contributed by atoms with Gasteiger partial charge in [0, 0.05) is 28.1 Å². The van der Waals surface area contributed by atoms with Crippen LogP contribution in [0.1, 0.15) is 30.0 Å². The molecule has 1 unspecified atom stereocenters. The summed E-state index contributed by atoms with van der Waals surface area (Å²) >= 11 is 13.8. The van der Waals surface area contributed by atoms with Crippen molar-refractivity contribution in [2.45, 2.75) is 39.0 Å². The normalized spacial score (nSPS) is 11.9. The molecule has 146 valence electrons. The number of benzene rings is 2. The fourth-order valence-electron chi connectivity index (χ4n) is 2.45. The molecule has 0 aliphatic rings. The van der Waals surface area contributed by atoms with E-state index in [1.54, 1.807) is 17.8 Å². The molecular formula is C21H25Cl2NO2S. The van der Waals surface area contributed by atoms with Crippen molar-refractivity contribution in [2.24, 2.45) is 0 Å². The zero-order valence-electron chi connectivity index (χ0n) is 15.9. The topological polar surface area (TPSA) is 38.3 Å². The lowest BCUT2D eigenvalue weighted by Gasteiger charge is -2.18. The summed E-state index contributed by atoms with van der Waals surface area (Å²) in [4.78, 5) is 12.4. The summed E-state index contributed by atoms with van der Waals surface area (Å²) in [7, 11) is 0. The maximum Gasteiger partial charge on any atom is 0.261 e. The molecule has 0 bridgehead atoms. The van der Waals surface area contributed by atoms with Gasteiger partial charge in [-0.1, -0.05) is 42.3 Å². The van der Waals surface area contributed by atoms with Crippen molar-refractivity contribution in [1.82, 2.24) is 5.32 Å². The van der Waals surface area contributed by atoms with Gasteiger partial charge in [0.1, 0.15) is 5.75 Å². The zero-order valence-corrected chi connectivity index (χ0v) is 18.2. The monoisotopic (exact) mass is 425 g/mol. The molecule has 0 aromatic heterocycles. The van der Waals surface area contributed by atoms with E-state index in [9.17, 15) is 4.79 Å². The Hall–Kier alpha value is -1.36. The second-order valence-corrected chi connectivity index (χ2v) is 8.29. The fraction of sp³-hybridized carbons (Fsp3) is 0.381. The number of halogens is 2. The van der Waals surface area contributed by atoms with E-state index in [2.05, 4.69) is 12.2 Å². The molecule has 0 saturated carbocycles. The number of hydrogen-bond donors (Lipinski definition) is 1. The first-order chi connectivity index (χ1) is 12.9. The van der Waals surface area contributed by atoms with Crippen LogP contribution in [0.4, 0.5) is 0 Å². The highest BCUT2D eigenvalue weighted by molar-refractivity contribution is 7.98. The Morgan fingerprint density at radius 1 is 1.15 bits per heavy atom. The van der Waals surface area contributed by atoms with Crippen molar-refractivity contribution in [3.05, 3.63) is 63.1 Å². The lowest BCUT2D eigenvalue weighted by molar-refractivity contribution is -0.127. The van der Waals surface area contributed by atoms with Crippen molar-refractivity contribution in [3.63, 3.8) is 0 Å². The number of amides is 1. The summed E-state index contributed by atoms with van der Waals surface area (Å²) in [6.07, 6.45) is 0.134. The average Bonchev–Trinajstić information content (AvgIpc) is 2.63. The number of hydrogen-bond acceptors (Lipinski definition) is 3. The van der Waals surface area contributed by atoms with Crippen molar-refractivity contribution >= 4 is 40.9 Å². The van der Waals surface area contributed by atoms with Gasteiger partial charge in [0.15, 0.2) is 6.10 Å². The van der Waals surface area contributed by atoms with Gasteiger partial charge in [-0.25, -0.2) is 0 Å². The lowest BCUT2D eigenvalue weighted by Crippen LogP contribution is -2.39. The molecule has 0 aliphatic carbocycles. The quantitative estimate of drug-likeness (QED) is 0.514. The molecule has 2 aromatic rings. The smallest absolute Gasteiger partial charge is 0.261 e. The largest absolute Gasteiger partial charge is 0.481 e. The minimum absolute atomic E-state index is 0.0825. The van der Waals surface area contributed by atoms with Gasteiger partial charge in [0.25, 0.3) is 5.91 Å². The molecule has 6 heteroatoms. The predicted octanol–water partition coefficient (Wildman–Crippen LogP) is 5.82. The van der Waals surface area contributed by atoms with E-state index in [0.29, 0.717) is 23.0 Å². The van der Waals surface area contributed by atoms with Crippen LogP contribution in [0.5, 0.6) is 5.75 Å². The molecule has 3 nitrogen and oxygen atoms in total. The first kappa shape index (κ1) is 21.9. The van der Waals surface area contributed by atoms with E-state index in [4.69, 9.17) is 27.9 Å². The van der Waals surface area contributed by atoms with E-state index in [1.165, 1.54) is 5.56 Å². The highest BCUT2D eigenvalue weighted by Crippen LogP contribution is 2.24. The molecular weight excluding hydrogens is 401 g/mol. The number of carbonyl (C=O) groups excluding carboxylic acids is 1. The van der Waals surface area contributed by atoms with Crippen LogP contribution in [0.2, 0.25) is 10.0 Å². The number of carbonyl (C=O) groups is 1. The standard InChI is InChI=1S/C21H25Cl2NO2S/c1-4-20(26-18-8-5-14(2)15(3)11-18)21(25)24-9-10-27-13-16-6-7-17(22)12-19(16)23/h5-8,11-12,20H,4,9-10,13H2,1-3H3,(H,24,25). The summed E-state index contributed by atoms with van der Waals surface area (Å²) in [6.45, 7) is 6.62. The van der Waals surface area contributed by atoms with Gasteiger partial charge < -0.3 is 10.1 Å². The molecule has 0 spiro atoms. The van der Waals surface area contributed by atoms with Gasteiger partial charge in [-0.05, 0) is 61.2 Å². The average molecular weight is 426 g/mol. The summed E-state index contributed by atoms with van der Waals surface area (Å²) < 4.78 is 5.87. The van der Waals surface area contributed by atoms with E-state index in [1.807, 2.05) is 44.2 Å². The first-order valence-corrected chi connectivity index (χ1v) is 10.8. The maximum absolute atomic E-state index is 12.4. The van der Waals surface area contributed by atoms with Crippen LogP contribution in [0.15, 0.2) is 36.4 Å². The van der Waals surface area contributed by atoms with Crippen molar-refractivity contribution in [2.75, 3.05) is 12.3 Å². The summed E-state index contributed by atoms with van der Waals surface area (Å²) in [5.41, 5.74) is 3.40. The molecule has 27 heavy (non-hydrogen) atoms. The first-order valence-electron chi connectivity index (χ1n) is 8.94. The third-order valence-corrected chi connectivity index (χ3v) is 5.83. The van der Waals surface area contributed by atoms with Crippen molar-refractivity contribution in [3.8, 4) is 5.75 Å². The number of rotatable bonds is 9. The third-order valence-electron chi connectivity index (χ3n) is 4.24.